The molecule has 84 valence electrons. The Bertz CT molecular complexity index is 133. The summed E-state index contributed by atoms with van der Waals surface area (Å²) in [7, 11) is 0. The molecule has 1 fully saturated rings. The molecule has 2 atom stereocenters. The summed E-state index contributed by atoms with van der Waals surface area (Å²) in [6, 6.07) is 1.66. The molecule has 1 N–H and O–H groups in total. The highest BCUT2D eigenvalue weighted by Crippen LogP contribution is 2.18. The van der Waals surface area contributed by atoms with Gasteiger partial charge in [-0.05, 0) is 25.7 Å². The molecule has 1 aliphatic rings. The first-order valence-corrected chi connectivity index (χ1v) is 6.62. The van der Waals surface area contributed by atoms with Crippen molar-refractivity contribution in [2.45, 2.75) is 83.7 Å². The molecule has 1 nitrogen and oxygen atoms in total. The van der Waals surface area contributed by atoms with E-state index in [4.69, 9.17) is 0 Å². The van der Waals surface area contributed by atoms with E-state index in [0.717, 1.165) is 12.1 Å². The smallest absolute Gasteiger partial charge is 0.00696 e. The number of unbranched alkanes of at least 4 members (excludes halogenated alkanes) is 3. The van der Waals surface area contributed by atoms with E-state index in [0.29, 0.717) is 0 Å². The van der Waals surface area contributed by atoms with Gasteiger partial charge in [0.2, 0.25) is 0 Å². The first-order chi connectivity index (χ1) is 6.86. The van der Waals surface area contributed by atoms with E-state index in [9.17, 15) is 0 Å². The van der Waals surface area contributed by atoms with Crippen LogP contribution in [0.25, 0.3) is 0 Å². The lowest BCUT2D eigenvalue weighted by Gasteiger charge is -2.30. The zero-order chi connectivity index (χ0) is 10.2. The Morgan fingerprint density at radius 1 is 1.00 bits per heavy atom. The van der Waals surface area contributed by atoms with Crippen molar-refractivity contribution in [3.63, 3.8) is 0 Å². The van der Waals surface area contributed by atoms with Crippen LogP contribution in [-0.2, 0) is 0 Å². The van der Waals surface area contributed by atoms with Crippen LogP contribution in [-0.4, -0.2) is 12.1 Å². The lowest BCUT2D eigenvalue weighted by Crippen LogP contribution is -2.41. The van der Waals surface area contributed by atoms with Gasteiger partial charge in [0.1, 0.15) is 0 Å². The molecule has 0 spiro atoms. The monoisotopic (exact) mass is 197 g/mol. The number of nitrogens with one attached hydrogen (secondary N) is 1. The van der Waals surface area contributed by atoms with Crippen LogP contribution in [0.1, 0.15) is 71.6 Å². The lowest BCUT2D eigenvalue weighted by molar-refractivity contribution is 0.296. The van der Waals surface area contributed by atoms with Crippen molar-refractivity contribution in [3.05, 3.63) is 0 Å². The summed E-state index contributed by atoms with van der Waals surface area (Å²) in [5, 5.41) is 3.78. The van der Waals surface area contributed by atoms with Crippen LogP contribution >= 0.6 is 0 Å². The van der Waals surface area contributed by atoms with Crippen molar-refractivity contribution in [1.29, 1.82) is 0 Å². The van der Waals surface area contributed by atoms with E-state index < -0.39 is 0 Å². The number of hydrogen-bond acceptors (Lipinski definition) is 1. The maximum Gasteiger partial charge on any atom is 0.00696 e. The maximum atomic E-state index is 3.78. The molecule has 1 heterocycles. The topological polar surface area (TPSA) is 12.0 Å². The van der Waals surface area contributed by atoms with Crippen LogP contribution in [0.5, 0.6) is 0 Å². The van der Waals surface area contributed by atoms with Crippen LogP contribution in [0.3, 0.4) is 0 Å². The molecular formula is C13H27N. The Kier molecular flexibility index (Phi) is 6.25. The second kappa shape index (κ2) is 7.28. The first kappa shape index (κ1) is 12.0. The van der Waals surface area contributed by atoms with Crippen molar-refractivity contribution in [3.8, 4) is 0 Å². The molecule has 0 unspecified atom stereocenters. The summed E-state index contributed by atoms with van der Waals surface area (Å²) in [4.78, 5) is 0. The van der Waals surface area contributed by atoms with Crippen LogP contribution in [0, 0.1) is 0 Å². The summed E-state index contributed by atoms with van der Waals surface area (Å²) in [6.07, 6.45) is 12.6. The molecule has 14 heavy (non-hydrogen) atoms. The van der Waals surface area contributed by atoms with Gasteiger partial charge >= 0.3 is 0 Å². The molecule has 1 rings (SSSR count). The Morgan fingerprint density at radius 3 is 2.50 bits per heavy atom. The zero-order valence-electron chi connectivity index (χ0n) is 10.0. The largest absolute Gasteiger partial charge is 0.311 e. The molecule has 0 bridgehead atoms. The minimum Gasteiger partial charge on any atom is -0.311 e. The van der Waals surface area contributed by atoms with Crippen molar-refractivity contribution >= 4 is 0 Å². The Balaban J connectivity index is 2.05. The minimum absolute atomic E-state index is 0.819. The SMILES string of the molecule is CCCCCC[C@H]1CCC[C@@H](CC)N1. The first-order valence-electron chi connectivity index (χ1n) is 6.62. The fraction of sp³-hybridized carbons (Fsp3) is 1.00. The summed E-state index contributed by atoms with van der Waals surface area (Å²) < 4.78 is 0. The van der Waals surface area contributed by atoms with Crippen LogP contribution in [0.15, 0.2) is 0 Å². The van der Waals surface area contributed by atoms with Gasteiger partial charge in [-0.2, -0.15) is 0 Å². The van der Waals surface area contributed by atoms with Crippen LogP contribution in [0.2, 0.25) is 0 Å². The molecule has 0 aromatic rings. The van der Waals surface area contributed by atoms with Gasteiger partial charge in [-0.1, -0.05) is 46.0 Å². The van der Waals surface area contributed by atoms with Crippen molar-refractivity contribution in [1.82, 2.24) is 5.32 Å². The molecule has 0 radical (unpaired) electrons. The molecule has 1 heteroatoms. The fourth-order valence-electron chi connectivity index (χ4n) is 2.48. The number of rotatable bonds is 6. The predicted octanol–water partition coefficient (Wildman–Crippen LogP) is 3.88. The van der Waals surface area contributed by atoms with Crippen LogP contribution < -0.4 is 5.32 Å². The zero-order valence-corrected chi connectivity index (χ0v) is 10.0. The number of hydrogen-bond donors (Lipinski definition) is 1. The molecule has 1 aliphatic heterocycles. The van der Waals surface area contributed by atoms with Gasteiger partial charge in [0, 0.05) is 12.1 Å². The normalized spacial score (nSPS) is 27.9. The van der Waals surface area contributed by atoms with Gasteiger partial charge < -0.3 is 5.32 Å². The van der Waals surface area contributed by atoms with Crippen molar-refractivity contribution < 1.29 is 0 Å². The quantitative estimate of drug-likeness (QED) is 0.637. The van der Waals surface area contributed by atoms with Gasteiger partial charge in [0.05, 0.1) is 0 Å². The van der Waals surface area contributed by atoms with Crippen LogP contribution in [0.4, 0.5) is 0 Å². The molecule has 1 saturated heterocycles. The highest BCUT2D eigenvalue weighted by atomic mass is 15.0. The van der Waals surface area contributed by atoms with Gasteiger partial charge in [-0.15, -0.1) is 0 Å². The average Bonchev–Trinajstić information content (AvgIpc) is 2.25. The molecule has 0 aromatic heterocycles. The number of piperidine rings is 1. The molecular weight excluding hydrogens is 170 g/mol. The summed E-state index contributed by atoms with van der Waals surface area (Å²) in [6.45, 7) is 4.59. The molecule has 0 amide bonds. The second-order valence-corrected chi connectivity index (χ2v) is 4.75. The minimum atomic E-state index is 0.819. The third kappa shape index (κ3) is 4.45. The van der Waals surface area contributed by atoms with E-state index in [1.54, 1.807) is 0 Å². The summed E-state index contributed by atoms with van der Waals surface area (Å²) >= 11 is 0. The van der Waals surface area contributed by atoms with Crippen molar-refractivity contribution in [2.24, 2.45) is 0 Å². The van der Waals surface area contributed by atoms with E-state index in [-0.39, 0.29) is 0 Å². The Labute approximate surface area is 89.7 Å². The van der Waals surface area contributed by atoms with E-state index in [1.165, 1.54) is 57.8 Å². The fourth-order valence-corrected chi connectivity index (χ4v) is 2.48. The van der Waals surface area contributed by atoms with E-state index >= 15 is 0 Å². The van der Waals surface area contributed by atoms with Gasteiger partial charge in [0.25, 0.3) is 0 Å². The molecule has 0 aliphatic carbocycles. The third-order valence-electron chi connectivity index (χ3n) is 3.48. The van der Waals surface area contributed by atoms with E-state index in [1.807, 2.05) is 0 Å². The summed E-state index contributed by atoms with van der Waals surface area (Å²) in [5.41, 5.74) is 0. The van der Waals surface area contributed by atoms with Gasteiger partial charge in [-0.25, -0.2) is 0 Å². The standard InChI is InChI=1S/C13H27N/c1-3-5-6-7-9-13-11-8-10-12(4-2)14-13/h12-14H,3-11H2,1-2H3/t12-,13+/m1/s1. The predicted molar refractivity (Wildman–Crippen MR) is 63.6 cm³/mol. The van der Waals surface area contributed by atoms with E-state index in [2.05, 4.69) is 19.2 Å². The molecule has 0 aromatic carbocycles. The third-order valence-corrected chi connectivity index (χ3v) is 3.48. The van der Waals surface area contributed by atoms with Crippen molar-refractivity contribution in [2.75, 3.05) is 0 Å². The lowest BCUT2D eigenvalue weighted by atomic mass is 9.93. The highest BCUT2D eigenvalue weighted by molar-refractivity contribution is 4.79. The highest BCUT2D eigenvalue weighted by Gasteiger charge is 2.18. The second-order valence-electron chi connectivity index (χ2n) is 4.75. The van der Waals surface area contributed by atoms with Gasteiger partial charge in [-0.3, -0.25) is 0 Å². The molecule has 0 saturated carbocycles. The van der Waals surface area contributed by atoms with Gasteiger partial charge in [0.15, 0.2) is 0 Å². The summed E-state index contributed by atoms with van der Waals surface area (Å²) in [5.74, 6) is 0. The maximum absolute atomic E-state index is 3.78. The average molecular weight is 197 g/mol. The Hall–Kier alpha value is -0.0400. The Morgan fingerprint density at radius 2 is 1.79 bits per heavy atom.